The molecular weight excluding hydrogens is 224 g/mol. The minimum atomic E-state index is -1.02. The molecular formula is C10H24N2OSSi. The van der Waals surface area contributed by atoms with E-state index in [-0.39, 0.29) is 0 Å². The van der Waals surface area contributed by atoms with Crippen LogP contribution in [-0.2, 0) is 0 Å². The topological polar surface area (TPSA) is 55.1 Å². The van der Waals surface area contributed by atoms with Crippen molar-refractivity contribution < 1.29 is 4.79 Å². The molecule has 0 aliphatic rings. The van der Waals surface area contributed by atoms with Gasteiger partial charge in [0.1, 0.15) is 7.22 Å². The van der Waals surface area contributed by atoms with E-state index in [2.05, 4.69) is 37.3 Å². The van der Waals surface area contributed by atoms with Gasteiger partial charge in [-0.3, -0.25) is 0 Å². The number of amides is 2. The summed E-state index contributed by atoms with van der Waals surface area (Å²) in [6, 6.07) is 3.65. The number of hydrogen-bond donors (Lipinski definition) is 2. The highest BCUT2D eigenvalue weighted by molar-refractivity contribution is 8.28. The second-order valence-corrected chi connectivity index (χ2v) is 12.4. The van der Waals surface area contributed by atoms with Crippen molar-refractivity contribution in [1.29, 1.82) is 0 Å². The lowest BCUT2D eigenvalue weighted by Crippen LogP contribution is -2.31. The molecule has 0 fully saturated rings. The van der Waals surface area contributed by atoms with Crippen LogP contribution in [0.2, 0.25) is 18.1 Å². The number of hydrogen-bond acceptors (Lipinski definition) is 2. The molecule has 0 saturated heterocycles. The Kier molecular flexibility index (Phi) is 7.96. The molecule has 0 aliphatic carbocycles. The van der Waals surface area contributed by atoms with Crippen LogP contribution < -0.4 is 11.1 Å². The highest BCUT2D eigenvalue weighted by Gasteiger charge is 2.26. The maximum atomic E-state index is 10.4. The van der Waals surface area contributed by atoms with Gasteiger partial charge in [0.15, 0.2) is 0 Å². The van der Waals surface area contributed by atoms with Gasteiger partial charge in [-0.05, 0) is 12.2 Å². The molecule has 0 aromatic heterocycles. The number of nitrogens with two attached hydrogens (primary N) is 1. The van der Waals surface area contributed by atoms with Crippen molar-refractivity contribution in [2.75, 3.05) is 12.3 Å². The molecule has 0 aromatic carbocycles. The Morgan fingerprint density at radius 2 is 1.80 bits per heavy atom. The molecule has 15 heavy (non-hydrogen) atoms. The van der Waals surface area contributed by atoms with Crippen LogP contribution in [0.3, 0.4) is 0 Å². The zero-order chi connectivity index (χ0) is 11.7. The second kappa shape index (κ2) is 8.04. The maximum Gasteiger partial charge on any atom is 0.312 e. The predicted octanol–water partition coefficient (Wildman–Crippen LogP) is 2.78. The normalized spacial score (nSPS) is 11.4. The van der Waals surface area contributed by atoms with Crippen LogP contribution in [0.25, 0.3) is 0 Å². The van der Waals surface area contributed by atoms with Crippen LogP contribution >= 0.6 is 11.2 Å². The first-order valence-corrected chi connectivity index (χ1v) is 10.1. The molecule has 90 valence electrons. The summed E-state index contributed by atoms with van der Waals surface area (Å²) in [5.41, 5.74) is 4.99. The lowest BCUT2D eigenvalue weighted by molar-refractivity contribution is 0.249. The predicted molar refractivity (Wildman–Crippen MR) is 71.9 cm³/mol. The molecule has 0 rings (SSSR count). The highest BCUT2D eigenvalue weighted by Crippen LogP contribution is 2.32. The summed E-state index contributed by atoms with van der Waals surface area (Å²) in [5, 5.41) is 2.63. The van der Waals surface area contributed by atoms with Gasteiger partial charge in [0, 0.05) is 6.54 Å². The molecule has 0 radical (unpaired) electrons. The van der Waals surface area contributed by atoms with Crippen molar-refractivity contribution in [3.63, 3.8) is 0 Å². The van der Waals surface area contributed by atoms with Gasteiger partial charge in [-0.2, -0.15) is 11.2 Å². The van der Waals surface area contributed by atoms with Crippen molar-refractivity contribution in [3.05, 3.63) is 0 Å². The molecule has 0 saturated carbocycles. The number of carbonyl (C=O) groups is 1. The third kappa shape index (κ3) is 6.09. The lowest BCUT2D eigenvalue weighted by atomic mass is 10.5. The maximum absolute atomic E-state index is 10.4. The molecule has 0 heterocycles. The summed E-state index contributed by atoms with van der Waals surface area (Å²) in [7, 11) is -1.02. The van der Waals surface area contributed by atoms with Gasteiger partial charge in [-0.25, -0.2) is 4.79 Å². The summed E-state index contributed by atoms with van der Waals surface area (Å²) in [6.07, 6.45) is 1.03. The van der Waals surface area contributed by atoms with Crippen LogP contribution in [0.4, 0.5) is 4.79 Å². The molecule has 3 N–H and O–H groups in total. The first kappa shape index (κ1) is 14.8. The van der Waals surface area contributed by atoms with Crippen molar-refractivity contribution in [2.24, 2.45) is 5.73 Å². The van der Waals surface area contributed by atoms with E-state index in [9.17, 15) is 4.79 Å². The van der Waals surface area contributed by atoms with Crippen LogP contribution in [0.1, 0.15) is 27.2 Å². The lowest BCUT2D eigenvalue weighted by Gasteiger charge is -2.27. The summed E-state index contributed by atoms with van der Waals surface area (Å²) in [5.74, 6) is 1.15. The van der Waals surface area contributed by atoms with Crippen LogP contribution in [0.15, 0.2) is 0 Å². The Balaban J connectivity index is 3.67. The molecule has 5 heteroatoms. The molecule has 3 nitrogen and oxygen atoms in total. The average molecular weight is 248 g/mol. The van der Waals surface area contributed by atoms with Crippen LogP contribution in [-0.4, -0.2) is 25.6 Å². The second-order valence-electron chi connectivity index (χ2n) is 3.74. The quantitative estimate of drug-likeness (QED) is 0.512. The van der Waals surface area contributed by atoms with E-state index in [1.165, 1.54) is 18.1 Å². The molecule has 0 spiro atoms. The Morgan fingerprint density at radius 3 is 2.20 bits per heavy atom. The Labute approximate surface area is 98.2 Å². The molecule has 2 amide bonds. The zero-order valence-electron chi connectivity index (χ0n) is 10.1. The van der Waals surface area contributed by atoms with E-state index in [1.807, 2.05) is 0 Å². The number of rotatable bonds is 8. The molecule has 0 bridgehead atoms. The smallest absolute Gasteiger partial charge is 0.312 e. The van der Waals surface area contributed by atoms with E-state index in [0.29, 0.717) is 6.54 Å². The standard InChI is InChI=1S/C10H24N2OSSi/c1-4-15(5-2,6-3)14-9-7-8-12-10(11)13/h4-9H2,1-3H3,(H3,11,12,13). The SMILES string of the molecule is CC[Si](CC)(CC)SCCCNC(N)=O. The van der Waals surface area contributed by atoms with E-state index in [0.717, 1.165) is 12.2 Å². The summed E-state index contributed by atoms with van der Waals surface area (Å²) in [4.78, 5) is 10.4. The Morgan fingerprint density at radius 1 is 1.27 bits per heavy atom. The van der Waals surface area contributed by atoms with Crippen molar-refractivity contribution >= 4 is 24.5 Å². The monoisotopic (exact) mass is 248 g/mol. The van der Waals surface area contributed by atoms with E-state index < -0.39 is 13.3 Å². The number of carbonyl (C=O) groups excluding carboxylic acids is 1. The molecule has 0 unspecified atom stereocenters. The van der Waals surface area contributed by atoms with Gasteiger partial charge >= 0.3 is 6.03 Å². The van der Waals surface area contributed by atoms with Crippen molar-refractivity contribution in [3.8, 4) is 0 Å². The van der Waals surface area contributed by atoms with Crippen molar-refractivity contribution in [2.45, 2.75) is 45.3 Å². The van der Waals surface area contributed by atoms with Gasteiger partial charge < -0.3 is 11.1 Å². The number of urea groups is 1. The largest absolute Gasteiger partial charge is 0.352 e. The third-order valence-electron chi connectivity index (χ3n) is 2.96. The van der Waals surface area contributed by atoms with Crippen molar-refractivity contribution in [1.82, 2.24) is 5.32 Å². The van der Waals surface area contributed by atoms with Gasteiger partial charge in [0.25, 0.3) is 0 Å². The first-order chi connectivity index (χ1) is 7.10. The minimum absolute atomic E-state index is 0.412. The minimum Gasteiger partial charge on any atom is -0.352 e. The highest BCUT2D eigenvalue weighted by atomic mass is 32.4. The van der Waals surface area contributed by atoms with E-state index in [4.69, 9.17) is 5.73 Å². The Bertz CT molecular complexity index is 178. The van der Waals surface area contributed by atoms with E-state index >= 15 is 0 Å². The first-order valence-electron chi connectivity index (χ1n) is 5.77. The average Bonchev–Trinajstić information content (AvgIpc) is 2.24. The molecule has 0 atom stereocenters. The van der Waals surface area contributed by atoms with Crippen LogP contribution in [0, 0.1) is 0 Å². The number of nitrogens with one attached hydrogen (secondary N) is 1. The summed E-state index contributed by atoms with van der Waals surface area (Å²) < 4.78 is 0. The van der Waals surface area contributed by atoms with Gasteiger partial charge in [0.05, 0.1) is 0 Å². The van der Waals surface area contributed by atoms with Gasteiger partial charge in [-0.1, -0.05) is 38.9 Å². The van der Waals surface area contributed by atoms with Crippen LogP contribution in [0.5, 0.6) is 0 Å². The summed E-state index contributed by atoms with van der Waals surface area (Å²) >= 11 is 2.17. The fraction of sp³-hybridized carbons (Fsp3) is 0.900. The zero-order valence-corrected chi connectivity index (χ0v) is 12.0. The summed E-state index contributed by atoms with van der Waals surface area (Å²) in [6.45, 7) is 7.65. The third-order valence-corrected chi connectivity index (χ3v) is 13.0. The van der Waals surface area contributed by atoms with E-state index in [1.54, 1.807) is 0 Å². The fourth-order valence-corrected chi connectivity index (χ4v) is 8.03. The molecule has 0 aromatic rings. The number of primary amides is 1. The Hall–Kier alpha value is -0.163. The van der Waals surface area contributed by atoms with Gasteiger partial charge in [0.2, 0.25) is 0 Å². The van der Waals surface area contributed by atoms with Gasteiger partial charge in [-0.15, -0.1) is 0 Å². The fourth-order valence-electron chi connectivity index (χ4n) is 1.63. The molecule has 0 aliphatic heterocycles.